The summed E-state index contributed by atoms with van der Waals surface area (Å²) >= 11 is 0. The van der Waals surface area contributed by atoms with Gasteiger partial charge in [0.25, 0.3) is 0 Å². The zero-order chi connectivity index (χ0) is 15.4. The summed E-state index contributed by atoms with van der Waals surface area (Å²) in [7, 11) is 4.83. The molecule has 0 radical (unpaired) electrons. The van der Waals surface area contributed by atoms with E-state index in [1.165, 1.54) is 0 Å². The molecule has 0 saturated heterocycles. The van der Waals surface area contributed by atoms with Gasteiger partial charge in [0.2, 0.25) is 5.75 Å². The third kappa shape index (κ3) is 2.78. The highest BCUT2D eigenvalue weighted by atomic mass is 16.5. The Hall–Kier alpha value is -1.88. The second-order valence-electron chi connectivity index (χ2n) is 4.85. The number of benzene rings is 1. The molecule has 1 aromatic heterocycles. The monoisotopic (exact) mass is 293 g/mol. The standard InChI is InChI=1S/C16H23NO4/c1-6-7-17-9-13-10(2)14-11(21-13)8-12(18-3)15(19-4)16(14)20-5/h8,17H,6-7,9H2,1-5H3. The first-order valence-electron chi connectivity index (χ1n) is 7.09. The zero-order valence-electron chi connectivity index (χ0n) is 13.3. The maximum absolute atomic E-state index is 5.95. The number of hydrogen-bond acceptors (Lipinski definition) is 5. The van der Waals surface area contributed by atoms with Crippen molar-refractivity contribution in [1.29, 1.82) is 0 Å². The Kier molecular flexibility index (Phi) is 4.96. The largest absolute Gasteiger partial charge is 0.493 e. The number of rotatable bonds is 7. The van der Waals surface area contributed by atoms with Crippen LogP contribution in [-0.2, 0) is 6.54 Å². The van der Waals surface area contributed by atoms with Gasteiger partial charge in [0, 0.05) is 11.6 Å². The van der Waals surface area contributed by atoms with Crippen LogP contribution in [0.3, 0.4) is 0 Å². The van der Waals surface area contributed by atoms with Crippen LogP contribution in [0.1, 0.15) is 24.7 Å². The summed E-state index contributed by atoms with van der Waals surface area (Å²) in [6.45, 7) is 5.82. The lowest BCUT2D eigenvalue weighted by Crippen LogP contribution is -2.13. The third-order valence-corrected chi connectivity index (χ3v) is 3.53. The Morgan fingerprint density at radius 1 is 1.10 bits per heavy atom. The third-order valence-electron chi connectivity index (χ3n) is 3.53. The molecule has 21 heavy (non-hydrogen) atoms. The van der Waals surface area contributed by atoms with Crippen molar-refractivity contribution in [2.75, 3.05) is 27.9 Å². The first-order chi connectivity index (χ1) is 10.2. The molecule has 1 aromatic carbocycles. The highest BCUT2D eigenvalue weighted by Crippen LogP contribution is 2.46. The molecule has 1 heterocycles. The van der Waals surface area contributed by atoms with Crippen LogP contribution in [-0.4, -0.2) is 27.9 Å². The van der Waals surface area contributed by atoms with Gasteiger partial charge in [-0.25, -0.2) is 0 Å². The van der Waals surface area contributed by atoms with Gasteiger partial charge in [-0.3, -0.25) is 0 Å². The van der Waals surface area contributed by atoms with Gasteiger partial charge in [0.15, 0.2) is 11.5 Å². The van der Waals surface area contributed by atoms with Crippen molar-refractivity contribution in [3.05, 3.63) is 17.4 Å². The van der Waals surface area contributed by atoms with Crippen molar-refractivity contribution in [1.82, 2.24) is 5.32 Å². The van der Waals surface area contributed by atoms with Crippen LogP contribution >= 0.6 is 0 Å². The van der Waals surface area contributed by atoms with Crippen LogP contribution in [0.4, 0.5) is 0 Å². The number of aryl methyl sites for hydroxylation is 1. The number of nitrogens with one attached hydrogen (secondary N) is 1. The quantitative estimate of drug-likeness (QED) is 0.794. The summed E-state index contributed by atoms with van der Waals surface area (Å²) in [6, 6.07) is 1.84. The molecule has 2 rings (SSSR count). The van der Waals surface area contributed by atoms with Crippen LogP contribution in [0.25, 0.3) is 11.0 Å². The zero-order valence-corrected chi connectivity index (χ0v) is 13.3. The predicted molar refractivity (Wildman–Crippen MR) is 82.6 cm³/mol. The Morgan fingerprint density at radius 2 is 1.81 bits per heavy atom. The molecule has 0 fully saturated rings. The van der Waals surface area contributed by atoms with Crippen LogP contribution in [0.15, 0.2) is 10.5 Å². The molecule has 116 valence electrons. The molecule has 0 aliphatic carbocycles. The van der Waals surface area contributed by atoms with Crippen molar-refractivity contribution in [2.24, 2.45) is 0 Å². The fourth-order valence-corrected chi connectivity index (χ4v) is 2.47. The van der Waals surface area contributed by atoms with Gasteiger partial charge >= 0.3 is 0 Å². The average molecular weight is 293 g/mol. The second-order valence-corrected chi connectivity index (χ2v) is 4.85. The van der Waals surface area contributed by atoms with Gasteiger partial charge < -0.3 is 23.9 Å². The van der Waals surface area contributed by atoms with E-state index in [9.17, 15) is 0 Å². The maximum Gasteiger partial charge on any atom is 0.204 e. The smallest absolute Gasteiger partial charge is 0.204 e. The molecule has 2 aromatic rings. The molecule has 0 unspecified atom stereocenters. The van der Waals surface area contributed by atoms with E-state index in [1.54, 1.807) is 21.3 Å². The normalized spacial score (nSPS) is 10.9. The van der Waals surface area contributed by atoms with Crippen LogP contribution in [0, 0.1) is 6.92 Å². The molecule has 0 amide bonds. The first-order valence-corrected chi connectivity index (χ1v) is 7.09. The van der Waals surface area contributed by atoms with E-state index in [4.69, 9.17) is 18.6 Å². The lowest BCUT2D eigenvalue weighted by atomic mass is 10.1. The number of fused-ring (bicyclic) bond motifs is 1. The molecule has 5 nitrogen and oxygen atoms in total. The molecular formula is C16H23NO4. The summed E-state index contributed by atoms with van der Waals surface area (Å²) in [4.78, 5) is 0. The summed E-state index contributed by atoms with van der Waals surface area (Å²) in [5, 5.41) is 4.28. The predicted octanol–water partition coefficient (Wildman–Crippen LogP) is 3.27. The van der Waals surface area contributed by atoms with E-state index in [2.05, 4.69) is 12.2 Å². The van der Waals surface area contributed by atoms with Gasteiger partial charge in [0.1, 0.15) is 11.3 Å². The Morgan fingerprint density at radius 3 is 2.38 bits per heavy atom. The summed E-state index contributed by atoms with van der Waals surface area (Å²) < 4.78 is 22.3. The fourth-order valence-electron chi connectivity index (χ4n) is 2.47. The Bertz CT molecular complexity index is 618. The van der Waals surface area contributed by atoms with Crippen LogP contribution < -0.4 is 19.5 Å². The van der Waals surface area contributed by atoms with E-state index in [0.29, 0.717) is 23.8 Å². The number of ether oxygens (including phenoxy) is 3. The molecular weight excluding hydrogens is 270 g/mol. The minimum Gasteiger partial charge on any atom is -0.493 e. The topological polar surface area (TPSA) is 52.9 Å². The number of hydrogen-bond donors (Lipinski definition) is 1. The summed E-state index contributed by atoms with van der Waals surface area (Å²) in [5.41, 5.74) is 1.81. The molecule has 0 aliphatic heterocycles. The molecule has 1 N–H and O–H groups in total. The number of methoxy groups -OCH3 is 3. The highest BCUT2D eigenvalue weighted by molar-refractivity contribution is 5.93. The highest BCUT2D eigenvalue weighted by Gasteiger charge is 2.22. The minimum absolute atomic E-state index is 0.587. The molecule has 0 bridgehead atoms. The molecule has 0 spiro atoms. The maximum atomic E-state index is 5.95. The minimum atomic E-state index is 0.587. The lowest BCUT2D eigenvalue weighted by molar-refractivity contribution is 0.326. The van der Waals surface area contributed by atoms with E-state index in [1.807, 2.05) is 13.0 Å². The van der Waals surface area contributed by atoms with E-state index < -0.39 is 0 Å². The molecule has 0 atom stereocenters. The van der Waals surface area contributed by atoms with Gasteiger partial charge in [-0.2, -0.15) is 0 Å². The average Bonchev–Trinajstić information content (AvgIpc) is 2.81. The Labute approximate surface area is 125 Å². The Balaban J connectivity index is 2.56. The van der Waals surface area contributed by atoms with E-state index >= 15 is 0 Å². The summed E-state index contributed by atoms with van der Waals surface area (Å²) in [6.07, 6.45) is 1.09. The van der Waals surface area contributed by atoms with Crippen molar-refractivity contribution in [3.8, 4) is 17.2 Å². The van der Waals surface area contributed by atoms with E-state index in [-0.39, 0.29) is 0 Å². The summed E-state index contributed by atoms with van der Waals surface area (Å²) in [5.74, 6) is 2.75. The van der Waals surface area contributed by atoms with Gasteiger partial charge in [-0.1, -0.05) is 6.92 Å². The molecule has 0 aliphatic rings. The van der Waals surface area contributed by atoms with Crippen molar-refractivity contribution in [2.45, 2.75) is 26.8 Å². The number of furan rings is 1. The lowest BCUT2D eigenvalue weighted by Gasteiger charge is -2.12. The first kappa shape index (κ1) is 15.5. The molecule has 5 heteroatoms. The van der Waals surface area contributed by atoms with Crippen molar-refractivity contribution < 1.29 is 18.6 Å². The van der Waals surface area contributed by atoms with Gasteiger partial charge in [0.05, 0.1) is 33.3 Å². The van der Waals surface area contributed by atoms with Crippen LogP contribution in [0.2, 0.25) is 0 Å². The SMILES string of the molecule is CCCNCc1oc2cc(OC)c(OC)c(OC)c2c1C. The second kappa shape index (κ2) is 6.72. The van der Waals surface area contributed by atoms with Gasteiger partial charge in [-0.15, -0.1) is 0 Å². The molecule has 0 saturated carbocycles. The van der Waals surface area contributed by atoms with Gasteiger partial charge in [-0.05, 0) is 19.9 Å². The van der Waals surface area contributed by atoms with E-state index in [0.717, 1.165) is 35.3 Å². The van der Waals surface area contributed by atoms with Crippen molar-refractivity contribution in [3.63, 3.8) is 0 Å². The van der Waals surface area contributed by atoms with Crippen LogP contribution in [0.5, 0.6) is 17.2 Å². The van der Waals surface area contributed by atoms with Crippen molar-refractivity contribution >= 4 is 11.0 Å². The fraction of sp³-hybridized carbons (Fsp3) is 0.500.